The van der Waals surface area contributed by atoms with Gasteiger partial charge in [-0.2, -0.15) is 5.10 Å². The number of aromatic nitrogens is 2. The Morgan fingerprint density at radius 3 is 2.26 bits per heavy atom. The van der Waals surface area contributed by atoms with Gasteiger partial charge < -0.3 is 20.4 Å². The molecule has 0 radical (unpaired) electrons. The first-order valence-electron chi connectivity index (χ1n) is 10.8. The van der Waals surface area contributed by atoms with Crippen LogP contribution in [0.3, 0.4) is 0 Å². The van der Waals surface area contributed by atoms with Gasteiger partial charge in [0.2, 0.25) is 0 Å². The second kappa shape index (κ2) is 11.2. The monoisotopic (exact) mass is 464 g/mol. The molecule has 0 unspecified atom stereocenters. The Bertz CT molecular complexity index is 1130. The molecule has 1 aromatic heterocycles. The molecule has 0 aliphatic heterocycles. The molecule has 0 aliphatic carbocycles. The van der Waals surface area contributed by atoms with Gasteiger partial charge >= 0.3 is 5.97 Å². The summed E-state index contributed by atoms with van der Waals surface area (Å²) in [6.45, 7) is -0.541. The number of carboxylic acids is 1. The summed E-state index contributed by atoms with van der Waals surface area (Å²) in [5.41, 5.74) is 3.21. The zero-order valence-electron chi connectivity index (χ0n) is 19.1. The topological polar surface area (TPSA) is 136 Å². The number of aliphatic carboxylic acids is 1. The normalized spacial score (nSPS) is 12.6. The van der Waals surface area contributed by atoms with Crippen LogP contribution in [0.25, 0.3) is 11.1 Å². The van der Waals surface area contributed by atoms with Crippen LogP contribution in [0.1, 0.15) is 33.0 Å². The lowest BCUT2D eigenvalue weighted by atomic mass is 9.94. The molecule has 9 nitrogen and oxygen atoms in total. The maximum Gasteiger partial charge on any atom is 0.308 e. The molecule has 0 bridgehead atoms. The Labute approximate surface area is 197 Å². The Kier molecular flexibility index (Phi) is 8.15. The number of hydrogen-bond donors (Lipinski definition) is 4. The van der Waals surface area contributed by atoms with E-state index in [1.807, 2.05) is 54.6 Å². The smallest absolute Gasteiger partial charge is 0.308 e. The van der Waals surface area contributed by atoms with Gasteiger partial charge in [-0.15, -0.1) is 0 Å². The number of aliphatic hydroxyl groups is 1. The molecule has 9 heteroatoms. The predicted molar refractivity (Wildman–Crippen MR) is 126 cm³/mol. The van der Waals surface area contributed by atoms with Crippen LogP contribution in [0.4, 0.5) is 0 Å². The van der Waals surface area contributed by atoms with E-state index in [1.165, 1.54) is 11.0 Å². The largest absolute Gasteiger partial charge is 0.481 e. The van der Waals surface area contributed by atoms with E-state index in [0.29, 0.717) is 6.42 Å². The highest BCUT2D eigenvalue weighted by molar-refractivity contribution is 5.97. The molecular formula is C25H28N4O5. The number of nitrogens with zero attached hydrogens (tertiary/aromatic N) is 2. The maximum atomic E-state index is 12.8. The van der Waals surface area contributed by atoms with Crippen LogP contribution in [-0.2, 0) is 11.2 Å². The van der Waals surface area contributed by atoms with Crippen LogP contribution in [0.2, 0.25) is 0 Å². The SMILES string of the molecule is CN(C)C(=O)c1cc(C(=O)N[C@H](Cc2ccc(-c3ccccc3)cc2)C[C@@H](CO)C(=O)O)[nH]n1. The Hall–Kier alpha value is -3.98. The summed E-state index contributed by atoms with van der Waals surface area (Å²) in [6, 6.07) is 18.5. The van der Waals surface area contributed by atoms with Crippen molar-refractivity contribution in [1.29, 1.82) is 0 Å². The molecule has 34 heavy (non-hydrogen) atoms. The lowest BCUT2D eigenvalue weighted by molar-refractivity contribution is -0.143. The molecule has 0 saturated carbocycles. The summed E-state index contributed by atoms with van der Waals surface area (Å²) in [5.74, 6) is -3.03. The molecule has 0 fully saturated rings. The van der Waals surface area contributed by atoms with E-state index in [0.717, 1.165) is 16.7 Å². The average molecular weight is 465 g/mol. The third-order valence-corrected chi connectivity index (χ3v) is 5.46. The highest BCUT2D eigenvalue weighted by Crippen LogP contribution is 2.21. The van der Waals surface area contributed by atoms with E-state index >= 15 is 0 Å². The lowest BCUT2D eigenvalue weighted by Crippen LogP contribution is -2.40. The predicted octanol–water partition coefficient (Wildman–Crippen LogP) is 2.20. The molecule has 3 rings (SSSR count). The van der Waals surface area contributed by atoms with E-state index in [-0.39, 0.29) is 23.7 Å². The van der Waals surface area contributed by atoms with Crippen molar-refractivity contribution in [3.8, 4) is 11.1 Å². The van der Waals surface area contributed by atoms with Crippen molar-refractivity contribution < 1.29 is 24.6 Å². The molecule has 0 saturated heterocycles. The van der Waals surface area contributed by atoms with E-state index in [4.69, 9.17) is 0 Å². The van der Waals surface area contributed by atoms with Crippen molar-refractivity contribution in [2.45, 2.75) is 18.9 Å². The summed E-state index contributed by atoms with van der Waals surface area (Å²) < 4.78 is 0. The molecule has 2 amide bonds. The van der Waals surface area contributed by atoms with Gasteiger partial charge in [-0.05, 0) is 29.5 Å². The second-order valence-electron chi connectivity index (χ2n) is 8.26. The molecule has 3 aromatic rings. The number of hydrogen-bond acceptors (Lipinski definition) is 5. The molecule has 0 spiro atoms. The standard InChI is InChI=1S/C25H28N4O5/c1-29(2)24(32)22-14-21(27-28-22)23(31)26-20(13-19(15-30)25(33)34)12-16-8-10-18(11-9-16)17-6-4-3-5-7-17/h3-11,14,19-20,30H,12-13,15H2,1-2H3,(H,26,31)(H,27,28)(H,33,34)/t19-,20+/m0/s1. The van der Waals surface area contributed by atoms with Gasteiger partial charge in [0.1, 0.15) is 5.69 Å². The van der Waals surface area contributed by atoms with Crippen LogP contribution in [0.5, 0.6) is 0 Å². The number of carboxylic acid groups (broad SMARTS) is 1. The zero-order chi connectivity index (χ0) is 24.7. The third-order valence-electron chi connectivity index (χ3n) is 5.46. The summed E-state index contributed by atoms with van der Waals surface area (Å²) in [7, 11) is 3.16. The highest BCUT2D eigenvalue weighted by atomic mass is 16.4. The van der Waals surface area contributed by atoms with Crippen molar-refractivity contribution in [2.24, 2.45) is 5.92 Å². The number of H-pyrrole nitrogens is 1. The zero-order valence-corrected chi connectivity index (χ0v) is 19.1. The number of carbonyl (C=O) groups excluding carboxylic acids is 2. The van der Waals surface area contributed by atoms with Crippen LogP contribution in [0.15, 0.2) is 60.7 Å². The van der Waals surface area contributed by atoms with Crippen LogP contribution >= 0.6 is 0 Å². The molecular weight excluding hydrogens is 436 g/mol. The van der Waals surface area contributed by atoms with Gasteiger partial charge in [0.25, 0.3) is 11.8 Å². The number of rotatable bonds is 10. The summed E-state index contributed by atoms with van der Waals surface area (Å²) in [6.07, 6.45) is 0.401. The van der Waals surface area contributed by atoms with E-state index in [2.05, 4.69) is 15.5 Å². The van der Waals surface area contributed by atoms with E-state index < -0.39 is 30.4 Å². The first-order chi connectivity index (χ1) is 16.3. The van der Waals surface area contributed by atoms with Crippen molar-refractivity contribution in [1.82, 2.24) is 20.4 Å². The van der Waals surface area contributed by atoms with Crippen molar-refractivity contribution in [2.75, 3.05) is 20.7 Å². The van der Waals surface area contributed by atoms with Crippen LogP contribution in [0, 0.1) is 5.92 Å². The maximum absolute atomic E-state index is 12.8. The first-order valence-corrected chi connectivity index (χ1v) is 10.8. The molecule has 4 N–H and O–H groups in total. The number of aromatic amines is 1. The second-order valence-corrected chi connectivity index (χ2v) is 8.26. The minimum absolute atomic E-state index is 0.0373. The summed E-state index contributed by atoms with van der Waals surface area (Å²) in [4.78, 5) is 37.7. The number of nitrogens with one attached hydrogen (secondary N) is 2. The van der Waals surface area contributed by atoms with Crippen molar-refractivity contribution in [3.05, 3.63) is 77.6 Å². The van der Waals surface area contributed by atoms with Gasteiger partial charge in [0, 0.05) is 26.2 Å². The van der Waals surface area contributed by atoms with E-state index in [9.17, 15) is 24.6 Å². The van der Waals surface area contributed by atoms with Gasteiger partial charge in [-0.3, -0.25) is 19.5 Å². The molecule has 2 atom stereocenters. The summed E-state index contributed by atoms with van der Waals surface area (Å²) >= 11 is 0. The number of amides is 2. The van der Waals surface area contributed by atoms with Gasteiger partial charge in [-0.25, -0.2) is 0 Å². The quantitative estimate of drug-likeness (QED) is 0.363. The summed E-state index contributed by atoms with van der Waals surface area (Å²) in [5, 5.41) is 28.1. The number of aliphatic hydroxyl groups excluding tert-OH is 1. The van der Waals surface area contributed by atoms with Crippen LogP contribution in [-0.4, -0.2) is 69.8 Å². The van der Waals surface area contributed by atoms with Crippen molar-refractivity contribution >= 4 is 17.8 Å². The molecule has 0 aliphatic rings. The number of benzene rings is 2. The Morgan fingerprint density at radius 1 is 1.03 bits per heavy atom. The fourth-order valence-corrected chi connectivity index (χ4v) is 3.58. The third kappa shape index (κ3) is 6.29. The van der Waals surface area contributed by atoms with Crippen molar-refractivity contribution in [3.63, 3.8) is 0 Å². The Balaban J connectivity index is 1.76. The fraction of sp³-hybridized carbons (Fsp3) is 0.280. The van der Waals surface area contributed by atoms with E-state index in [1.54, 1.807) is 14.1 Å². The lowest BCUT2D eigenvalue weighted by Gasteiger charge is -2.21. The average Bonchev–Trinajstić information content (AvgIpc) is 3.33. The van der Waals surface area contributed by atoms with Gasteiger partial charge in [0.05, 0.1) is 12.5 Å². The minimum atomic E-state index is -1.14. The molecule has 2 aromatic carbocycles. The highest BCUT2D eigenvalue weighted by Gasteiger charge is 2.25. The fourth-order valence-electron chi connectivity index (χ4n) is 3.58. The van der Waals surface area contributed by atoms with Crippen LogP contribution < -0.4 is 5.32 Å². The minimum Gasteiger partial charge on any atom is -0.481 e. The van der Waals surface area contributed by atoms with Gasteiger partial charge in [-0.1, -0.05) is 54.6 Å². The van der Waals surface area contributed by atoms with Gasteiger partial charge in [0.15, 0.2) is 5.69 Å². The first kappa shape index (κ1) is 24.7. The Morgan fingerprint density at radius 2 is 1.68 bits per heavy atom. The molecule has 1 heterocycles. The molecule has 178 valence electrons. The number of carbonyl (C=O) groups is 3.